The van der Waals surface area contributed by atoms with Crippen molar-refractivity contribution >= 4 is 53.3 Å². The standard InChI is InChI=1S/C32H29BCl2N8/c1-2-27(19-7-4-3-5-8-19)39-30-21(16-37)17-38-31-24(30)13-22(14-26(31)34)40-32(33,25-10-6-9-20(15-36)29(25)35)28-18-43(42-41-28)23-11-12-23/h3-10,13-14,17-18,23,27,40-42H,2,11-12,33H2,1H3,(H,38,39)/t27-,32?/m1/s1. The van der Waals surface area contributed by atoms with Crippen LogP contribution in [0.1, 0.15) is 54.5 Å². The molecule has 0 amide bonds. The topological polar surface area (TPSA) is 112 Å². The highest BCUT2D eigenvalue weighted by Gasteiger charge is 2.39. The molecule has 11 heteroatoms. The van der Waals surface area contributed by atoms with E-state index in [1.54, 1.807) is 12.3 Å². The number of hydrazine groups is 2. The zero-order valence-corrected chi connectivity index (χ0v) is 25.3. The Morgan fingerprint density at radius 2 is 1.86 bits per heavy atom. The Balaban J connectivity index is 1.48. The summed E-state index contributed by atoms with van der Waals surface area (Å²) in [5, 5.41) is 30.7. The largest absolute Gasteiger partial charge is 0.378 e. The van der Waals surface area contributed by atoms with Gasteiger partial charge in [-0.1, -0.05) is 72.6 Å². The van der Waals surface area contributed by atoms with Crippen LogP contribution < -0.4 is 21.6 Å². The van der Waals surface area contributed by atoms with Crippen molar-refractivity contribution in [2.75, 3.05) is 10.6 Å². The first-order valence-corrected chi connectivity index (χ1v) is 14.9. The molecule has 0 spiro atoms. The number of aromatic nitrogens is 1. The van der Waals surface area contributed by atoms with Crippen LogP contribution in [-0.4, -0.2) is 23.9 Å². The molecule has 1 aliphatic carbocycles. The van der Waals surface area contributed by atoms with E-state index in [4.69, 9.17) is 23.2 Å². The lowest BCUT2D eigenvalue weighted by Gasteiger charge is -2.35. The van der Waals surface area contributed by atoms with Gasteiger partial charge in [0.05, 0.1) is 49.6 Å². The van der Waals surface area contributed by atoms with Crippen molar-refractivity contribution in [3.63, 3.8) is 0 Å². The summed E-state index contributed by atoms with van der Waals surface area (Å²) < 4.78 is 0. The van der Waals surface area contributed by atoms with Crippen LogP contribution in [0, 0.1) is 22.7 Å². The lowest BCUT2D eigenvalue weighted by molar-refractivity contribution is 0.260. The zero-order valence-electron chi connectivity index (χ0n) is 23.7. The third-order valence-corrected chi connectivity index (χ3v) is 8.79. The van der Waals surface area contributed by atoms with Crippen LogP contribution in [0.3, 0.4) is 0 Å². The number of nitriles is 2. The number of anilines is 2. The SMILES string of the molecule is BC(Nc1cc(Cl)c2ncc(C#N)c(N[C@H](CC)c3ccccc3)c2c1)(C1=CN(C2CC2)NN1)c1cccc(C#N)c1Cl. The number of fused-ring (bicyclic) bond motifs is 1. The second kappa shape index (κ2) is 11.7. The number of hydrogen-bond acceptors (Lipinski definition) is 8. The van der Waals surface area contributed by atoms with Crippen molar-refractivity contribution in [1.29, 1.82) is 10.5 Å². The summed E-state index contributed by atoms with van der Waals surface area (Å²) >= 11 is 13.7. The van der Waals surface area contributed by atoms with E-state index in [2.05, 4.69) is 62.8 Å². The maximum atomic E-state index is 10.1. The lowest BCUT2D eigenvalue weighted by atomic mass is 9.69. The molecule has 1 fully saturated rings. The van der Waals surface area contributed by atoms with E-state index in [-0.39, 0.29) is 6.04 Å². The molecule has 214 valence electrons. The molecular weight excluding hydrogens is 578 g/mol. The quantitative estimate of drug-likeness (QED) is 0.170. The third kappa shape index (κ3) is 5.44. The van der Waals surface area contributed by atoms with Crippen molar-refractivity contribution in [1.82, 2.24) is 21.0 Å². The molecule has 2 atom stereocenters. The summed E-state index contributed by atoms with van der Waals surface area (Å²) in [7, 11) is 2.01. The van der Waals surface area contributed by atoms with Gasteiger partial charge in [-0.15, -0.1) is 5.53 Å². The van der Waals surface area contributed by atoms with Crippen molar-refractivity contribution in [2.45, 2.75) is 43.7 Å². The summed E-state index contributed by atoms with van der Waals surface area (Å²) in [4.78, 5) is 4.54. The molecule has 4 N–H and O–H groups in total. The molecule has 4 aromatic rings. The molecule has 1 aliphatic heterocycles. The van der Waals surface area contributed by atoms with Gasteiger partial charge in [-0.25, -0.2) is 0 Å². The molecule has 3 aromatic carbocycles. The Bertz CT molecular complexity index is 1810. The fourth-order valence-electron chi connectivity index (χ4n) is 5.56. The Morgan fingerprint density at radius 1 is 1.09 bits per heavy atom. The highest BCUT2D eigenvalue weighted by molar-refractivity contribution is 6.36. The summed E-state index contributed by atoms with van der Waals surface area (Å²) in [6.45, 7) is 2.10. The van der Waals surface area contributed by atoms with E-state index in [1.807, 2.05) is 56.5 Å². The van der Waals surface area contributed by atoms with E-state index in [9.17, 15) is 10.5 Å². The minimum atomic E-state index is -0.901. The average Bonchev–Trinajstić information content (AvgIpc) is 3.75. The third-order valence-electron chi connectivity index (χ3n) is 8.09. The summed E-state index contributed by atoms with van der Waals surface area (Å²) in [6.07, 6.45) is 6.62. The van der Waals surface area contributed by atoms with Crippen molar-refractivity contribution in [2.24, 2.45) is 0 Å². The lowest BCUT2D eigenvalue weighted by Crippen LogP contribution is -2.45. The number of hydrogen-bond donors (Lipinski definition) is 4. The van der Waals surface area contributed by atoms with Gasteiger partial charge in [0.1, 0.15) is 20.0 Å². The number of rotatable bonds is 9. The van der Waals surface area contributed by atoms with Crippen LogP contribution in [0.2, 0.25) is 10.0 Å². The van der Waals surface area contributed by atoms with E-state index >= 15 is 0 Å². The predicted molar refractivity (Wildman–Crippen MR) is 174 cm³/mol. The van der Waals surface area contributed by atoms with E-state index in [1.165, 1.54) is 0 Å². The Morgan fingerprint density at radius 3 is 2.56 bits per heavy atom. The number of halogens is 2. The molecule has 0 radical (unpaired) electrons. The first-order valence-electron chi connectivity index (χ1n) is 14.2. The number of nitrogens with zero attached hydrogens (tertiary/aromatic N) is 4. The molecule has 1 aromatic heterocycles. The van der Waals surface area contributed by atoms with Gasteiger partial charge in [0, 0.05) is 29.5 Å². The van der Waals surface area contributed by atoms with Crippen LogP contribution in [0.25, 0.3) is 10.9 Å². The molecular formula is C32H29BCl2N8. The molecule has 2 aliphatic rings. The van der Waals surface area contributed by atoms with Crippen molar-refractivity contribution < 1.29 is 0 Å². The maximum Gasteiger partial charge on any atom is 0.148 e. The van der Waals surface area contributed by atoms with Gasteiger partial charge < -0.3 is 16.1 Å². The van der Waals surface area contributed by atoms with E-state index in [0.717, 1.165) is 36.1 Å². The fourth-order valence-corrected chi connectivity index (χ4v) is 6.18. The minimum Gasteiger partial charge on any atom is -0.378 e. The number of nitrogens with one attached hydrogen (secondary N) is 4. The van der Waals surface area contributed by atoms with Crippen LogP contribution in [0.5, 0.6) is 0 Å². The van der Waals surface area contributed by atoms with Crippen LogP contribution >= 0.6 is 23.2 Å². The fraction of sp³-hybridized carbons (Fsp3) is 0.219. The highest BCUT2D eigenvalue weighted by Crippen LogP contribution is 2.41. The number of pyridine rings is 1. The molecule has 8 nitrogen and oxygen atoms in total. The van der Waals surface area contributed by atoms with Crippen LogP contribution in [0.15, 0.2) is 78.8 Å². The Labute approximate surface area is 261 Å². The van der Waals surface area contributed by atoms with Crippen LogP contribution in [0.4, 0.5) is 11.4 Å². The Hall–Kier alpha value is -4.41. The van der Waals surface area contributed by atoms with E-state index < -0.39 is 5.44 Å². The molecule has 0 bridgehead atoms. The van der Waals surface area contributed by atoms with Gasteiger partial charge in [-0.3, -0.25) is 9.99 Å². The normalized spacial score (nSPS) is 16.4. The predicted octanol–water partition coefficient (Wildman–Crippen LogP) is 6.07. The maximum absolute atomic E-state index is 10.1. The van der Waals surface area contributed by atoms with Gasteiger partial charge in [-0.05, 0) is 48.6 Å². The monoisotopic (exact) mass is 606 g/mol. The van der Waals surface area contributed by atoms with Gasteiger partial charge in [0.15, 0.2) is 0 Å². The molecule has 2 heterocycles. The molecule has 6 rings (SSSR count). The number of benzene rings is 3. The molecule has 1 saturated carbocycles. The van der Waals surface area contributed by atoms with Crippen LogP contribution in [-0.2, 0) is 5.44 Å². The molecule has 0 saturated heterocycles. The second-order valence-electron chi connectivity index (χ2n) is 11.0. The van der Waals surface area contributed by atoms with Gasteiger partial charge >= 0.3 is 0 Å². The smallest absolute Gasteiger partial charge is 0.148 e. The first kappa shape index (κ1) is 28.7. The average molecular weight is 607 g/mol. The second-order valence-corrected chi connectivity index (χ2v) is 11.8. The van der Waals surface area contributed by atoms with Crippen molar-refractivity contribution in [3.05, 3.63) is 111 Å². The minimum absolute atomic E-state index is 0.0283. The molecule has 1 unspecified atom stereocenters. The Kier molecular flexibility index (Phi) is 7.81. The summed E-state index contributed by atoms with van der Waals surface area (Å²) in [6, 6.07) is 24.3. The van der Waals surface area contributed by atoms with E-state index in [0.29, 0.717) is 49.5 Å². The van der Waals surface area contributed by atoms with Gasteiger partial charge in [-0.2, -0.15) is 10.5 Å². The van der Waals surface area contributed by atoms with Gasteiger partial charge in [0.25, 0.3) is 0 Å². The summed E-state index contributed by atoms with van der Waals surface area (Å²) in [5.41, 5.74) is 11.1. The highest BCUT2D eigenvalue weighted by atomic mass is 35.5. The van der Waals surface area contributed by atoms with Gasteiger partial charge in [0.2, 0.25) is 0 Å². The molecule has 43 heavy (non-hydrogen) atoms. The summed E-state index contributed by atoms with van der Waals surface area (Å²) in [5.74, 6) is 0. The van der Waals surface area contributed by atoms with Crippen molar-refractivity contribution in [3.8, 4) is 12.1 Å². The zero-order chi connectivity index (χ0) is 30.1. The first-order chi connectivity index (χ1) is 20.9.